The number of hydrogen-bond donors (Lipinski definition) is 1. The highest BCUT2D eigenvalue weighted by atomic mass is 16.5. The molecular formula is C35H39N5O3. The molecule has 5 aromatic rings. The second-order valence-electron chi connectivity index (χ2n) is 12.4. The molecule has 1 unspecified atom stereocenters. The predicted molar refractivity (Wildman–Crippen MR) is 168 cm³/mol. The first kappa shape index (κ1) is 28.8. The van der Waals surface area contributed by atoms with E-state index in [2.05, 4.69) is 65.5 Å². The number of aryl methyl sites for hydroxylation is 3. The lowest BCUT2D eigenvalue weighted by Gasteiger charge is -2.33. The van der Waals surface area contributed by atoms with Gasteiger partial charge in [-0.3, -0.25) is 14.7 Å². The van der Waals surface area contributed by atoms with Gasteiger partial charge in [-0.15, -0.1) is 5.10 Å². The molecule has 1 aliphatic heterocycles. The molecule has 1 aliphatic rings. The second kappa shape index (κ2) is 11.1. The van der Waals surface area contributed by atoms with Gasteiger partial charge in [-0.1, -0.05) is 42.5 Å². The van der Waals surface area contributed by atoms with Crippen molar-refractivity contribution in [3.63, 3.8) is 0 Å². The number of carbonyl (C=O) groups is 1. The van der Waals surface area contributed by atoms with E-state index in [0.29, 0.717) is 6.54 Å². The molecule has 0 spiro atoms. The minimum Gasteiger partial charge on any atom is -0.489 e. The highest BCUT2D eigenvalue weighted by molar-refractivity contribution is 5.84. The Labute approximate surface area is 252 Å². The molecule has 43 heavy (non-hydrogen) atoms. The van der Waals surface area contributed by atoms with Crippen molar-refractivity contribution in [2.75, 3.05) is 6.54 Å². The van der Waals surface area contributed by atoms with Crippen molar-refractivity contribution in [2.24, 2.45) is 12.5 Å². The van der Waals surface area contributed by atoms with Gasteiger partial charge in [0.2, 0.25) is 0 Å². The smallest absolute Gasteiger partial charge is 0.310 e. The summed E-state index contributed by atoms with van der Waals surface area (Å²) in [4.78, 5) is 19.9. The van der Waals surface area contributed by atoms with Crippen LogP contribution in [0.1, 0.15) is 66.5 Å². The summed E-state index contributed by atoms with van der Waals surface area (Å²) in [5.41, 5.74) is 7.98. The van der Waals surface area contributed by atoms with Crippen molar-refractivity contribution in [3.05, 3.63) is 94.2 Å². The summed E-state index contributed by atoms with van der Waals surface area (Å²) in [6, 6.07) is 18.7. The first-order valence-electron chi connectivity index (χ1n) is 15.0. The Bertz CT molecular complexity index is 1840. The third kappa shape index (κ3) is 5.14. The Kier molecular flexibility index (Phi) is 7.42. The zero-order chi connectivity index (χ0) is 30.5. The van der Waals surface area contributed by atoms with E-state index in [4.69, 9.17) is 9.72 Å². The predicted octanol–water partition coefficient (Wildman–Crippen LogP) is 6.55. The zero-order valence-electron chi connectivity index (χ0n) is 25.8. The molecule has 6 rings (SSSR count). The van der Waals surface area contributed by atoms with Gasteiger partial charge in [0.15, 0.2) is 0 Å². The standard InChI is InChI=1S/C35H39N5O3/c1-7-26-19-40(20-28-30(43-26)15-12-23-9-8-16-36-33(23)28)18-25-17-24(11-10-21(25)2)31(35(4,5)34(41)42)27-13-14-29-32(22(27)3)37-38-39(29)6/h8-17,26,31H,7,18-20H2,1-6H3,(H,41,42)/t26-,31?/m1/s1. The number of aromatic nitrogens is 4. The maximum absolute atomic E-state index is 12.7. The van der Waals surface area contributed by atoms with Gasteiger partial charge in [0.1, 0.15) is 17.4 Å². The van der Waals surface area contributed by atoms with E-state index >= 15 is 0 Å². The quantitative estimate of drug-likeness (QED) is 0.234. The molecule has 3 heterocycles. The van der Waals surface area contributed by atoms with Crippen LogP contribution in [0.4, 0.5) is 0 Å². The first-order valence-corrected chi connectivity index (χ1v) is 15.0. The Morgan fingerprint density at radius 1 is 1.12 bits per heavy atom. The number of rotatable bonds is 7. The normalized spacial score (nSPS) is 16.6. The van der Waals surface area contributed by atoms with Crippen molar-refractivity contribution in [2.45, 2.75) is 66.2 Å². The number of fused-ring (bicyclic) bond motifs is 4. The van der Waals surface area contributed by atoms with Gasteiger partial charge < -0.3 is 9.84 Å². The second-order valence-corrected chi connectivity index (χ2v) is 12.4. The van der Waals surface area contributed by atoms with E-state index < -0.39 is 11.4 Å². The number of aliphatic carboxylic acids is 1. The summed E-state index contributed by atoms with van der Waals surface area (Å²) >= 11 is 0. The molecule has 0 aliphatic carbocycles. The maximum Gasteiger partial charge on any atom is 0.310 e. The lowest BCUT2D eigenvalue weighted by atomic mass is 9.69. The summed E-state index contributed by atoms with van der Waals surface area (Å²) in [7, 11) is 1.87. The van der Waals surface area contributed by atoms with Crippen LogP contribution in [0.25, 0.3) is 21.9 Å². The average Bonchev–Trinajstić information content (AvgIpc) is 3.26. The van der Waals surface area contributed by atoms with Crippen molar-refractivity contribution in [1.82, 2.24) is 24.9 Å². The molecule has 1 N–H and O–H groups in total. The molecule has 2 aromatic heterocycles. The third-order valence-corrected chi connectivity index (χ3v) is 9.19. The summed E-state index contributed by atoms with van der Waals surface area (Å²) in [6.07, 6.45) is 2.80. The fourth-order valence-electron chi connectivity index (χ4n) is 6.53. The molecule has 8 nitrogen and oxygen atoms in total. The topological polar surface area (TPSA) is 93.4 Å². The summed E-state index contributed by atoms with van der Waals surface area (Å²) in [6.45, 7) is 12.2. The number of nitrogens with zero attached hydrogens (tertiary/aromatic N) is 5. The van der Waals surface area contributed by atoms with Crippen LogP contribution in [0.2, 0.25) is 0 Å². The molecule has 0 radical (unpaired) electrons. The molecule has 0 amide bonds. The largest absolute Gasteiger partial charge is 0.489 e. The van der Waals surface area contributed by atoms with Crippen LogP contribution in [0.15, 0.2) is 60.8 Å². The summed E-state index contributed by atoms with van der Waals surface area (Å²) in [5.74, 6) is -0.325. The maximum atomic E-state index is 12.7. The highest BCUT2D eigenvalue weighted by Crippen LogP contribution is 2.44. The van der Waals surface area contributed by atoms with E-state index in [9.17, 15) is 9.90 Å². The van der Waals surface area contributed by atoms with Crippen LogP contribution in [-0.2, 0) is 24.9 Å². The molecular weight excluding hydrogens is 538 g/mol. The zero-order valence-corrected chi connectivity index (χ0v) is 25.8. The van der Waals surface area contributed by atoms with Gasteiger partial charge in [-0.2, -0.15) is 0 Å². The van der Waals surface area contributed by atoms with E-state index in [0.717, 1.165) is 69.4 Å². The third-order valence-electron chi connectivity index (χ3n) is 9.19. The van der Waals surface area contributed by atoms with Crippen LogP contribution in [0, 0.1) is 19.3 Å². The summed E-state index contributed by atoms with van der Waals surface area (Å²) < 4.78 is 8.24. The number of carboxylic acids is 1. The number of ether oxygens (including phenoxy) is 1. The van der Waals surface area contributed by atoms with Crippen molar-refractivity contribution >= 4 is 27.9 Å². The molecule has 8 heteroatoms. The summed E-state index contributed by atoms with van der Waals surface area (Å²) in [5, 5.41) is 20.1. The van der Waals surface area contributed by atoms with Crippen molar-refractivity contribution in [3.8, 4) is 5.75 Å². The highest BCUT2D eigenvalue weighted by Gasteiger charge is 2.40. The minimum atomic E-state index is -1.07. The monoisotopic (exact) mass is 577 g/mol. The lowest BCUT2D eigenvalue weighted by Crippen LogP contribution is -2.33. The fraction of sp³-hybridized carbons (Fsp3) is 0.371. The lowest BCUT2D eigenvalue weighted by molar-refractivity contribution is -0.147. The number of benzene rings is 3. The van der Waals surface area contributed by atoms with E-state index in [1.807, 2.05) is 52.2 Å². The van der Waals surface area contributed by atoms with Crippen LogP contribution < -0.4 is 4.74 Å². The van der Waals surface area contributed by atoms with Crippen LogP contribution in [0.5, 0.6) is 5.75 Å². The van der Waals surface area contributed by atoms with Gasteiger partial charge in [0, 0.05) is 49.7 Å². The van der Waals surface area contributed by atoms with E-state index in [-0.39, 0.29) is 12.0 Å². The molecule has 0 saturated heterocycles. The van der Waals surface area contributed by atoms with Crippen LogP contribution in [-0.4, -0.2) is 48.6 Å². The van der Waals surface area contributed by atoms with Crippen LogP contribution >= 0.6 is 0 Å². The number of pyridine rings is 1. The Morgan fingerprint density at radius 2 is 1.93 bits per heavy atom. The van der Waals surface area contributed by atoms with Crippen LogP contribution in [0.3, 0.4) is 0 Å². The van der Waals surface area contributed by atoms with E-state index in [1.54, 1.807) is 4.68 Å². The van der Waals surface area contributed by atoms with Gasteiger partial charge in [-0.05, 0) is 86.2 Å². The average molecular weight is 578 g/mol. The van der Waals surface area contributed by atoms with E-state index in [1.165, 1.54) is 11.1 Å². The molecule has 0 saturated carbocycles. The molecule has 3 aromatic carbocycles. The van der Waals surface area contributed by atoms with Gasteiger partial charge >= 0.3 is 5.97 Å². The fourth-order valence-corrected chi connectivity index (χ4v) is 6.53. The molecule has 0 bridgehead atoms. The Balaban J connectivity index is 1.42. The first-order chi connectivity index (χ1) is 20.6. The molecule has 222 valence electrons. The van der Waals surface area contributed by atoms with Gasteiger partial charge in [0.05, 0.1) is 16.4 Å². The number of hydrogen-bond acceptors (Lipinski definition) is 6. The SMILES string of the molecule is CC[C@@H]1CN(Cc2cc(C(c3ccc4c(nnn4C)c3C)C(C)(C)C(=O)O)ccc2C)Cc2c(ccc3cccnc23)O1. The molecule has 2 atom stereocenters. The Hall–Kier alpha value is -4.30. The van der Waals surface area contributed by atoms with Gasteiger partial charge in [-0.25, -0.2) is 4.68 Å². The van der Waals surface area contributed by atoms with Gasteiger partial charge in [0.25, 0.3) is 0 Å². The van der Waals surface area contributed by atoms with Crippen molar-refractivity contribution < 1.29 is 14.6 Å². The Morgan fingerprint density at radius 3 is 2.70 bits per heavy atom. The molecule has 0 fully saturated rings. The van der Waals surface area contributed by atoms with Crippen molar-refractivity contribution in [1.29, 1.82) is 0 Å². The minimum absolute atomic E-state index is 0.0611. The number of carboxylic acid groups (broad SMARTS) is 1.